The molecule has 0 radical (unpaired) electrons. The Hall–Kier alpha value is -2.36. The minimum atomic E-state index is -0.566. The van der Waals surface area contributed by atoms with Crippen LogP contribution in [0.4, 0.5) is 0 Å². The lowest BCUT2D eigenvalue weighted by molar-refractivity contribution is -0.111. The van der Waals surface area contributed by atoms with Crippen molar-refractivity contribution >= 4 is 17.3 Å². The first-order valence-electron chi connectivity index (χ1n) is 4.75. The molecule has 0 atom stereocenters. The van der Waals surface area contributed by atoms with Gasteiger partial charge in [0.2, 0.25) is 11.6 Å². The van der Waals surface area contributed by atoms with Crippen LogP contribution in [0.3, 0.4) is 0 Å². The maximum Gasteiger partial charge on any atom is 0.239 e. The number of carbonyl (C=O) groups is 2. The number of Topliss-reactive ketones (excluding diaryl/α,β-unsaturated/α-hetero) is 2. The summed E-state index contributed by atoms with van der Waals surface area (Å²) < 4.78 is 0. The minimum absolute atomic E-state index is 0.240. The lowest BCUT2D eigenvalue weighted by Crippen LogP contribution is -2.23. The van der Waals surface area contributed by atoms with E-state index in [1.165, 1.54) is 0 Å². The maximum absolute atomic E-state index is 11.8. The summed E-state index contributed by atoms with van der Waals surface area (Å²) in [7, 11) is 0. The second-order valence-electron chi connectivity index (χ2n) is 3.59. The number of ketones is 2. The molecule has 3 rings (SSSR count). The predicted octanol–water partition coefficient (Wildman–Crippen LogP) is 1.21. The molecule has 16 heavy (non-hydrogen) atoms. The van der Waals surface area contributed by atoms with Crippen LogP contribution in [0.1, 0.15) is 15.9 Å². The van der Waals surface area contributed by atoms with Crippen molar-refractivity contribution < 1.29 is 14.4 Å². The Morgan fingerprint density at radius 1 is 1.06 bits per heavy atom. The van der Waals surface area contributed by atoms with Crippen LogP contribution in [-0.4, -0.2) is 11.6 Å². The summed E-state index contributed by atoms with van der Waals surface area (Å²) in [4.78, 5) is 28.8. The number of rotatable bonds is 0. The van der Waals surface area contributed by atoms with Gasteiger partial charge in [-0.3, -0.25) is 9.59 Å². The molecule has 0 aromatic heterocycles. The van der Waals surface area contributed by atoms with E-state index in [0.717, 1.165) is 0 Å². The molecule has 1 heterocycles. The minimum Gasteiger partial charge on any atom is -0.381 e. The van der Waals surface area contributed by atoms with Crippen molar-refractivity contribution in [3.63, 3.8) is 0 Å². The van der Waals surface area contributed by atoms with Gasteiger partial charge in [-0.25, -0.2) is 5.48 Å². The first-order valence-corrected chi connectivity index (χ1v) is 4.75. The molecular formula is C12H7NO3. The van der Waals surface area contributed by atoms with Gasteiger partial charge in [-0.1, -0.05) is 30.8 Å². The highest BCUT2D eigenvalue weighted by Crippen LogP contribution is 2.35. The van der Waals surface area contributed by atoms with Crippen LogP contribution in [0, 0.1) is 0 Å². The van der Waals surface area contributed by atoms with Crippen LogP contribution in [0.2, 0.25) is 0 Å². The van der Waals surface area contributed by atoms with Crippen molar-refractivity contribution in [3.8, 4) is 0 Å². The number of carbonyl (C=O) groups excluding carboxylic acids is 2. The Labute approximate surface area is 91.2 Å². The normalized spacial score (nSPS) is 17.9. The van der Waals surface area contributed by atoms with Crippen LogP contribution >= 0.6 is 0 Å². The van der Waals surface area contributed by atoms with Gasteiger partial charge >= 0.3 is 0 Å². The van der Waals surface area contributed by atoms with Gasteiger partial charge < -0.3 is 4.84 Å². The zero-order valence-corrected chi connectivity index (χ0v) is 8.24. The summed E-state index contributed by atoms with van der Waals surface area (Å²) in [6, 6.07) is 6.86. The summed E-state index contributed by atoms with van der Waals surface area (Å²) in [5, 5.41) is 0. The third-order valence-corrected chi connectivity index (χ3v) is 2.65. The van der Waals surface area contributed by atoms with E-state index < -0.39 is 11.6 Å². The fourth-order valence-corrected chi connectivity index (χ4v) is 1.90. The Balaban J connectivity index is 2.35. The smallest absolute Gasteiger partial charge is 0.239 e. The number of fused-ring (bicyclic) bond motifs is 2. The Morgan fingerprint density at radius 2 is 1.75 bits per heavy atom. The van der Waals surface area contributed by atoms with E-state index in [4.69, 9.17) is 4.84 Å². The first kappa shape index (κ1) is 8.91. The van der Waals surface area contributed by atoms with Gasteiger partial charge in [0.15, 0.2) is 5.76 Å². The van der Waals surface area contributed by atoms with Gasteiger partial charge in [0.05, 0.1) is 11.3 Å². The highest BCUT2D eigenvalue weighted by Gasteiger charge is 2.38. The molecule has 1 aromatic carbocycles. The number of benzene rings is 1. The molecule has 4 nitrogen and oxygen atoms in total. The second-order valence-corrected chi connectivity index (χ2v) is 3.59. The fraction of sp³-hybridized carbons (Fsp3) is 0. The van der Waals surface area contributed by atoms with Gasteiger partial charge in [0, 0.05) is 11.1 Å². The number of hydrogen-bond donors (Lipinski definition) is 1. The Kier molecular flexibility index (Phi) is 1.57. The first-order chi connectivity index (χ1) is 7.70. The maximum atomic E-state index is 11.8. The summed E-state index contributed by atoms with van der Waals surface area (Å²) in [6.45, 7) is 3.63. The standard InChI is InChI=1S/C12H7NO3/c1-6-9-11(15)10(14)7-4-2-3-5-8(7)12(9)16-13-6/h2-5,13H,1H2. The molecule has 1 N–H and O–H groups in total. The van der Waals surface area contributed by atoms with Crippen molar-refractivity contribution in [3.05, 3.63) is 53.2 Å². The molecule has 4 heteroatoms. The lowest BCUT2D eigenvalue weighted by atomic mass is 9.88. The van der Waals surface area contributed by atoms with Crippen molar-refractivity contribution in [2.75, 3.05) is 0 Å². The van der Waals surface area contributed by atoms with E-state index in [0.29, 0.717) is 22.6 Å². The fourth-order valence-electron chi connectivity index (χ4n) is 1.90. The van der Waals surface area contributed by atoms with Gasteiger partial charge in [-0.15, -0.1) is 0 Å². The second kappa shape index (κ2) is 2.82. The molecule has 0 amide bonds. The van der Waals surface area contributed by atoms with Crippen LogP contribution in [0.25, 0.3) is 5.76 Å². The Morgan fingerprint density at radius 3 is 2.50 bits per heavy atom. The van der Waals surface area contributed by atoms with E-state index in [2.05, 4.69) is 12.1 Å². The monoisotopic (exact) mass is 213 g/mol. The van der Waals surface area contributed by atoms with Crippen molar-refractivity contribution in [1.82, 2.24) is 5.48 Å². The molecule has 0 saturated carbocycles. The molecule has 2 aliphatic rings. The number of hydroxylamine groups is 1. The summed E-state index contributed by atoms with van der Waals surface area (Å²) >= 11 is 0. The zero-order chi connectivity index (χ0) is 11.3. The summed E-state index contributed by atoms with van der Waals surface area (Å²) in [5.74, 6) is -0.684. The third-order valence-electron chi connectivity index (χ3n) is 2.65. The van der Waals surface area contributed by atoms with Gasteiger partial charge in [-0.2, -0.15) is 0 Å². The molecule has 1 aliphatic heterocycles. The Bertz CT molecular complexity index is 584. The molecule has 1 aliphatic carbocycles. The van der Waals surface area contributed by atoms with Gasteiger partial charge in [-0.05, 0) is 0 Å². The largest absolute Gasteiger partial charge is 0.381 e. The summed E-state index contributed by atoms with van der Waals surface area (Å²) in [5.41, 5.74) is 4.10. The van der Waals surface area contributed by atoms with E-state index in [-0.39, 0.29) is 5.57 Å². The van der Waals surface area contributed by atoms with E-state index in [1.807, 2.05) is 0 Å². The number of nitrogens with one attached hydrogen (secondary N) is 1. The highest BCUT2D eigenvalue weighted by atomic mass is 16.7. The molecule has 1 aromatic rings. The average Bonchev–Trinajstić information content (AvgIpc) is 2.69. The zero-order valence-electron chi connectivity index (χ0n) is 8.24. The van der Waals surface area contributed by atoms with E-state index >= 15 is 0 Å². The molecule has 0 unspecified atom stereocenters. The number of hydrogen-bond acceptors (Lipinski definition) is 4. The van der Waals surface area contributed by atoms with Crippen molar-refractivity contribution in [2.45, 2.75) is 0 Å². The molecular weight excluding hydrogens is 206 g/mol. The third kappa shape index (κ3) is 0.930. The highest BCUT2D eigenvalue weighted by molar-refractivity contribution is 6.53. The van der Waals surface area contributed by atoms with Crippen molar-refractivity contribution in [2.24, 2.45) is 0 Å². The lowest BCUT2D eigenvalue weighted by Gasteiger charge is -2.13. The summed E-state index contributed by atoms with van der Waals surface area (Å²) in [6.07, 6.45) is 0. The van der Waals surface area contributed by atoms with Crippen molar-refractivity contribution in [1.29, 1.82) is 0 Å². The molecule has 78 valence electrons. The topological polar surface area (TPSA) is 55.4 Å². The molecule has 0 bridgehead atoms. The van der Waals surface area contributed by atoms with Crippen LogP contribution in [0.5, 0.6) is 0 Å². The SMILES string of the molecule is C=C1NOC2=C1C(=O)C(=O)c1ccccc12. The molecule has 0 fully saturated rings. The number of allylic oxidation sites excluding steroid dienone is 1. The van der Waals surface area contributed by atoms with Gasteiger partial charge in [0.1, 0.15) is 0 Å². The molecule has 0 spiro atoms. The van der Waals surface area contributed by atoms with Crippen LogP contribution in [0.15, 0.2) is 42.1 Å². The van der Waals surface area contributed by atoms with Gasteiger partial charge in [0.25, 0.3) is 0 Å². The predicted molar refractivity (Wildman–Crippen MR) is 56.1 cm³/mol. The van der Waals surface area contributed by atoms with E-state index in [9.17, 15) is 9.59 Å². The average molecular weight is 213 g/mol. The van der Waals surface area contributed by atoms with Crippen LogP contribution < -0.4 is 5.48 Å². The quantitative estimate of drug-likeness (QED) is 0.658. The van der Waals surface area contributed by atoms with Crippen LogP contribution in [-0.2, 0) is 9.63 Å². The van der Waals surface area contributed by atoms with E-state index in [1.54, 1.807) is 24.3 Å². The molecule has 0 saturated heterocycles.